The Hall–Kier alpha value is -2.13. The van der Waals surface area contributed by atoms with Crippen molar-refractivity contribution in [2.75, 3.05) is 58.8 Å². The molecule has 0 amide bonds. The number of hydrogen-bond acceptors (Lipinski definition) is 6. The van der Waals surface area contributed by atoms with Crippen LogP contribution < -0.4 is 9.64 Å². The highest BCUT2D eigenvalue weighted by molar-refractivity contribution is 7.89. The monoisotopic (exact) mass is 447 g/mol. The van der Waals surface area contributed by atoms with Crippen molar-refractivity contribution in [1.82, 2.24) is 9.21 Å². The van der Waals surface area contributed by atoms with E-state index in [1.807, 2.05) is 6.07 Å². The normalized spacial score (nSPS) is 16.5. The lowest BCUT2D eigenvalue weighted by Gasteiger charge is -2.36. The third-order valence-corrected chi connectivity index (χ3v) is 7.61. The molecule has 7 nitrogen and oxygen atoms in total. The predicted molar refractivity (Wildman–Crippen MR) is 123 cm³/mol. The molecule has 1 fully saturated rings. The lowest BCUT2D eigenvalue weighted by atomic mass is 10.0. The first-order chi connectivity index (χ1) is 14.8. The Balaban J connectivity index is 1.53. The number of aliphatic hydroxyl groups is 1. The summed E-state index contributed by atoms with van der Waals surface area (Å²) in [4.78, 5) is 4.89. The fourth-order valence-corrected chi connectivity index (χ4v) is 4.93. The first-order valence-corrected chi connectivity index (χ1v) is 12.1. The van der Waals surface area contributed by atoms with Crippen molar-refractivity contribution in [3.8, 4) is 5.75 Å². The van der Waals surface area contributed by atoms with Crippen LogP contribution in [0.2, 0.25) is 0 Å². The predicted octanol–water partition coefficient (Wildman–Crippen LogP) is 2.58. The van der Waals surface area contributed by atoms with Crippen LogP contribution in [0.3, 0.4) is 0 Å². The van der Waals surface area contributed by atoms with E-state index >= 15 is 0 Å². The Bertz CT molecular complexity index is 943. The van der Waals surface area contributed by atoms with E-state index in [1.165, 1.54) is 33.0 Å². The number of rotatable bonds is 9. The molecule has 0 aromatic heterocycles. The maximum atomic E-state index is 12.6. The number of aliphatic hydroxyl groups excluding tert-OH is 1. The van der Waals surface area contributed by atoms with Gasteiger partial charge in [0.05, 0.1) is 13.2 Å². The van der Waals surface area contributed by atoms with Crippen molar-refractivity contribution in [2.45, 2.75) is 23.8 Å². The summed E-state index contributed by atoms with van der Waals surface area (Å²) in [6.45, 7) is 4.91. The minimum atomic E-state index is -3.66. The van der Waals surface area contributed by atoms with E-state index in [-0.39, 0.29) is 10.6 Å². The molecule has 3 rings (SSSR count). The minimum absolute atomic E-state index is 0.0774. The molecule has 1 saturated heterocycles. The van der Waals surface area contributed by atoms with Crippen LogP contribution >= 0.6 is 0 Å². The van der Waals surface area contributed by atoms with E-state index in [4.69, 9.17) is 4.74 Å². The van der Waals surface area contributed by atoms with Gasteiger partial charge in [-0.15, -0.1) is 0 Å². The lowest BCUT2D eigenvalue weighted by Crippen LogP contribution is -2.46. The Morgan fingerprint density at radius 2 is 1.74 bits per heavy atom. The maximum Gasteiger partial charge on any atom is 0.246 e. The maximum absolute atomic E-state index is 12.6. The summed E-state index contributed by atoms with van der Waals surface area (Å²) >= 11 is 0. The van der Waals surface area contributed by atoms with Crippen LogP contribution in [0.25, 0.3) is 0 Å². The van der Waals surface area contributed by atoms with Gasteiger partial charge in [0.2, 0.25) is 10.0 Å². The Labute approximate surface area is 185 Å². The third-order valence-electron chi connectivity index (χ3n) is 5.78. The van der Waals surface area contributed by atoms with Crippen molar-refractivity contribution in [2.24, 2.45) is 0 Å². The van der Waals surface area contributed by atoms with Gasteiger partial charge in [-0.3, -0.25) is 4.90 Å². The average molecular weight is 448 g/mol. The summed E-state index contributed by atoms with van der Waals surface area (Å²) < 4.78 is 31.5. The van der Waals surface area contributed by atoms with Crippen LogP contribution in [0, 0.1) is 0 Å². The van der Waals surface area contributed by atoms with Crippen LogP contribution in [0.1, 0.15) is 24.5 Å². The van der Waals surface area contributed by atoms with Crippen LogP contribution in [0.4, 0.5) is 5.69 Å². The minimum Gasteiger partial charge on any atom is -0.495 e. The van der Waals surface area contributed by atoms with Crippen molar-refractivity contribution in [3.63, 3.8) is 0 Å². The first-order valence-electron chi connectivity index (χ1n) is 10.6. The van der Waals surface area contributed by atoms with Gasteiger partial charge < -0.3 is 14.7 Å². The molecule has 0 bridgehead atoms. The highest BCUT2D eigenvalue weighted by Crippen LogP contribution is 2.30. The van der Waals surface area contributed by atoms with E-state index in [0.29, 0.717) is 12.0 Å². The van der Waals surface area contributed by atoms with Gasteiger partial charge in [0.15, 0.2) is 0 Å². The first kappa shape index (κ1) is 23.5. The second kappa shape index (κ2) is 10.5. The zero-order chi connectivity index (χ0) is 22.4. The molecule has 170 valence electrons. The number of nitrogens with zero attached hydrogens (tertiary/aromatic N) is 3. The SMILES string of the molecule is COc1ccc(C(O)CCCN2CCN(c3ccccc3)CC2)cc1S(=O)(=O)N(C)C. The number of ether oxygens (including phenoxy) is 1. The molecule has 1 aliphatic rings. The van der Waals surface area contributed by atoms with Crippen LogP contribution in [0.5, 0.6) is 5.75 Å². The van der Waals surface area contributed by atoms with Gasteiger partial charge in [0.25, 0.3) is 0 Å². The van der Waals surface area contributed by atoms with Crippen molar-refractivity contribution in [1.29, 1.82) is 0 Å². The zero-order valence-electron chi connectivity index (χ0n) is 18.6. The molecule has 0 aliphatic carbocycles. The highest BCUT2D eigenvalue weighted by Gasteiger charge is 2.24. The molecule has 1 N–H and O–H groups in total. The van der Waals surface area contributed by atoms with E-state index in [2.05, 4.69) is 34.1 Å². The van der Waals surface area contributed by atoms with Gasteiger partial charge in [-0.05, 0) is 49.2 Å². The van der Waals surface area contributed by atoms with E-state index in [9.17, 15) is 13.5 Å². The van der Waals surface area contributed by atoms with Gasteiger partial charge in [0, 0.05) is 46.0 Å². The molecule has 0 saturated carbocycles. The molecule has 0 spiro atoms. The summed E-state index contributed by atoms with van der Waals surface area (Å²) in [5.74, 6) is 0.279. The van der Waals surface area contributed by atoms with Crippen molar-refractivity contribution >= 4 is 15.7 Å². The molecular weight excluding hydrogens is 414 g/mol. The molecular formula is C23H33N3O4S. The van der Waals surface area contributed by atoms with Crippen LogP contribution in [-0.2, 0) is 10.0 Å². The van der Waals surface area contributed by atoms with Gasteiger partial charge >= 0.3 is 0 Å². The number of hydrogen-bond donors (Lipinski definition) is 1. The van der Waals surface area contributed by atoms with Crippen LogP contribution in [0.15, 0.2) is 53.4 Å². The van der Waals surface area contributed by atoms with Crippen LogP contribution in [-0.4, -0.2) is 76.7 Å². The number of piperazine rings is 1. The second-order valence-corrected chi connectivity index (χ2v) is 10.1. The van der Waals surface area contributed by atoms with E-state index in [1.54, 1.807) is 12.1 Å². The summed E-state index contributed by atoms with van der Waals surface area (Å²) in [5.41, 5.74) is 1.86. The largest absolute Gasteiger partial charge is 0.495 e. The van der Waals surface area contributed by atoms with Crippen molar-refractivity contribution < 1.29 is 18.3 Å². The molecule has 31 heavy (non-hydrogen) atoms. The van der Waals surface area contributed by atoms with Gasteiger partial charge in [-0.2, -0.15) is 0 Å². The number of sulfonamides is 1. The molecule has 0 radical (unpaired) electrons. The molecule has 1 aliphatic heterocycles. The zero-order valence-corrected chi connectivity index (χ0v) is 19.4. The lowest BCUT2D eigenvalue weighted by molar-refractivity contribution is 0.153. The topological polar surface area (TPSA) is 73.3 Å². The van der Waals surface area contributed by atoms with Gasteiger partial charge in [0.1, 0.15) is 10.6 Å². The van der Waals surface area contributed by atoms with E-state index < -0.39 is 16.1 Å². The third kappa shape index (κ3) is 5.77. The van der Waals surface area contributed by atoms with Gasteiger partial charge in [-0.25, -0.2) is 12.7 Å². The Kier molecular flexibility index (Phi) is 7.94. The Morgan fingerprint density at radius 1 is 1.06 bits per heavy atom. The standard InChI is InChI=1S/C23H33N3O4S/c1-24(2)31(28,29)23-18-19(11-12-22(23)30-3)21(27)10-7-13-25-14-16-26(17-15-25)20-8-5-4-6-9-20/h4-6,8-9,11-12,18,21,27H,7,10,13-17H2,1-3H3. The molecule has 1 heterocycles. The summed E-state index contributed by atoms with van der Waals surface area (Å²) in [5, 5.41) is 10.7. The molecule has 2 aromatic carbocycles. The smallest absolute Gasteiger partial charge is 0.246 e. The fourth-order valence-electron chi connectivity index (χ4n) is 3.84. The van der Waals surface area contributed by atoms with Gasteiger partial charge in [-0.1, -0.05) is 24.3 Å². The second-order valence-electron chi connectivity index (χ2n) is 8.02. The average Bonchev–Trinajstić information content (AvgIpc) is 2.79. The number of para-hydroxylation sites is 1. The summed E-state index contributed by atoms with van der Waals surface area (Å²) in [6.07, 6.45) is 0.702. The molecule has 8 heteroatoms. The van der Waals surface area contributed by atoms with E-state index in [0.717, 1.165) is 43.4 Å². The molecule has 1 unspecified atom stereocenters. The number of methoxy groups -OCH3 is 1. The van der Waals surface area contributed by atoms with Crippen molar-refractivity contribution in [3.05, 3.63) is 54.1 Å². The Morgan fingerprint density at radius 3 is 2.35 bits per heavy atom. The highest BCUT2D eigenvalue weighted by atomic mass is 32.2. The number of benzene rings is 2. The molecule has 1 atom stereocenters. The summed E-state index contributed by atoms with van der Waals surface area (Å²) in [7, 11) is 0.748. The quantitative estimate of drug-likeness (QED) is 0.637. The summed E-state index contributed by atoms with van der Waals surface area (Å²) in [6, 6.07) is 15.3. The fraction of sp³-hybridized carbons (Fsp3) is 0.478. The number of anilines is 1. The molecule has 2 aromatic rings.